The number of nitrogens with zero attached hydrogens (tertiary/aromatic N) is 4. The predicted molar refractivity (Wildman–Crippen MR) is 143 cm³/mol. The number of rotatable bonds is 5. The first-order valence-corrected chi connectivity index (χ1v) is 14.2. The SMILES string of the molecule is Cc1ccc(-c2sc(C)nc2C(=O)N2C[C@@H]3CCC[C@@H]3[C@H]2CNC(=O)c2c(C)nc3sccn23)cc1. The van der Waals surface area contributed by atoms with E-state index >= 15 is 0 Å². The maximum absolute atomic E-state index is 14.0. The van der Waals surface area contributed by atoms with Gasteiger partial charge in [0.05, 0.1) is 21.6 Å². The van der Waals surface area contributed by atoms with Crippen molar-refractivity contribution in [2.75, 3.05) is 13.1 Å². The summed E-state index contributed by atoms with van der Waals surface area (Å²) in [4.78, 5) is 40.1. The van der Waals surface area contributed by atoms with Crippen LogP contribution in [-0.4, -0.2) is 50.2 Å². The third kappa shape index (κ3) is 3.94. The van der Waals surface area contributed by atoms with Gasteiger partial charge in [0, 0.05) is 24.7 Å². The van der Waals surface area contributed by atoms with Crippen molar-refractivity contribution < 1.29 is 9.59 Å². The molecule has 0 bridgehead atoms. The second kappa shape index (κ2) is 9.12. The lowest BCUT2D eigenvalue weighted by Crippen LogP contribution is -2.46. The highest BCUT2D eigenvalue weighted by Gasteiger charge is 2.47. The predicted octanol–water partition coefficient (Wildman–Crippen LogP) is 5.12. The van der Waals surface area contributed by atoms with E-state index in [2.05, 4.69) is 46.5 Å². The Labute approximate surface area is 218 Å². The summed E-state index contributed by atoms with van der Waals surface area (Å²) < 4.78 is 1.84. The van der Waals surface area contributed by atoms with Gasteiger partial charge in [-0.05, 0) is 51.0 Å². The highest BCUT2D eigenvalue weighted by molar-refractivity contribution is 7.15. The second-order valence-corrected chi connectivity index (χ2v) is 12.0. The Hall–Kier alpha value is -3.04. The van der Waals surface area contributed by atoms with Gasteiger partial charge in [0.15, 0.2) is 4.96 Å². The number of imidazole rings is 1. The van der Waals surface area contributed by atoms with Crippen LogP contribution in [0.1, 0.15) is 56.5 Å². The number of carbonyl (C=O) groups excluding carboxylic acids is 2. The summed E-state index contributed by atoms with van der Waals surface area (Å²) in [5.74, 6) is 0.727. The lowest BCUT2D eigenvalue weighted by Gasteiger charge is -2.28. The molecule has 6 rings (SSSR count). The van der Waals surface area contributed by atoms with Crippen molar-refractivity contribution >= 4 is 39.4 Å². The van der Waals surface area contributed by atoms with Gasteiger partial charge in [-0.15, -0.1) is 22.7 Å². The minimum atomic E-state index is -0.142. The quantitative estimate of drug-likeness (QED) is 0.397. The van der Waals surface area contributed by atoms with Gasteiger partial charge >= 0.3 is 0 Å². The summed E-state index contributed by atoms with van der Waals surface area (Å²) in [7, 11) is 0. The monoisotopic (exact) mass is 519 g/mol. The molecular weight excluding hydrogens is 490 g/mol. The lowest BCUT2D eigenvalue weighted by atomic mass is 9.94. The van der Waals surface area contributed by atoms with Gasteiger partial charge < -0.3 is 10.2 Å². The highest BCUT2D eigenvalue weighted by atomic mass is 32.1. The topological polar surface area (TPSA) is 79.6 Å². The molecule has 186 valence electrons. The lowest BCUT2D eigenvalue weighted by molar-refractivity contribution is 0.0696. The van der Waals surface area contributed by atoms with Gasteiger partial charge in [0.1, 0.15) is 11.4 Å². The van der Waals surface area contributed by atoms with E-state index in [0.29, 0.717) is 29.8 Å². The smallest absolute Gasteiger partial charge is 0.274 e. The van der Waals surface area contributed by atoms with Gasteiger partial charge in [0.2, 0.25) is 0 Å². The maximum atomic E-state index is 14.0. The van der Waals surface area contributed by atoms with Crippen molar-refractivity contribution in [1.29, 1.82) is 0 Å². The molecule has 1 saturated heterocycles. The van der Waals surface area contributed by atoms with E-state index in [0.717, 1.165) is 45.5 Å². The van der Waals surface area contributed by atoms with Gasteiger partial charge in [-0.25, -0.2) is 9.97 Å². The van der Waals surface area contributed by atoms with Crippen LogP contribution >= 0.6 is 22.7 Å². The molecule has 0 spiro atoms. The second-order valence-electron chi connectivity index (χ2n) is 9.97. The summed E-state index contributed by atoms with van der Waals surface area (Å²) in [6, 6.07) is 8.23. The largest absolute Gasteiger partial charge is 0.349 e. The van der Waals surface area contributed by atoms with Crippen LogP contribution in [0.4, 0.5) is 0 Å². The van der Waals surface area contributed by atoms with Crippen molar-refractivity contribution in [2.45, 2.75) is 46.1 Å². The molecule has 7 nitrogen and oxygen atoms in total. The van der Waals surface area contributed by atoms with E-state index in [1.165, 1.54) is 23.3 Å². The molecule has 1 N–H and O–H groups in total. The highest BCUT2D eigenvalue weighted by Crippen LogP contribution is 2.43. The minimum Gasteiger partial charge on any atom is -0.349 e. The molecule has 4 heterocycles. The number of fused-ring (bicyclic) bond motifs is 2. The zero-order valence-electron chi connectivity index (χ0n) is 20.7. The molecule has 1 aliphatic carbocycles. The van der Waals surface area contributed by atoms with E-state index in [1.54, 1.807) is 11.3 Å². The van der Waals surface area contributed by atoms with Crippen LogP contribution < -0.4 is 5.32 Å². The number of carbonyl (C=O) groups is 2. The van der Waals surface area contributed by atoms with Gasteiger partial charge in [-0.2, -0.15) is 0 Å². The normalized spacial score (nSPS) is 21.3. The Balaban J connectivity index is 1.27. The van der Waals surface area contributed by atoms with E-state index in [-0.39, 0.29) is 17.9 Å². The van der Waals surface area contributed by atoms with Crippen LogP contribution in [0.15, 0.2) is 35.8 Å². The van der Waals surface area contributed by atoms with Gasteiger partial charge in [-0.1, -0.05) is 36.2 Å². The van der Waals surface area contributed by atoms with Crippen LogP contribution in [0, 0.1) is 32.6 Å². The zero-order valence-corrected chi connectivity index (χ0v) is 22.3. The molecule has 4 aromatic rings. The van der Waals surface area contributed by atoms with Crippen LogP contribution in [0.25, 0.3) is 15.4 Å². The molecule has 2 aliphatic rings. The molecule has 3 aromatic heterocycles. The van der Waals surface area contributed by atoms with E-state index in [4.69, 9.17) is 0 Å². The molecule has 0 unspecified atom stereocenters. The average Bonchev–Trinajstić information content (AvgIpc) is 3.65. The fourth-order valence-corrected chi connectivity index (χ4v) is 7.65. The van der Waals surface area contributed by atoms with Crippen molar-refractivity contribution in [3.8, 4) is 10.4 Å². The summed E-state index contributed by atoms with van der Waals surface area (Å²) >= 11 is 3.08. The average molecular weight is 520 g/mol. The first-order chi connectivity index (χ1) is 17.4. The van der Waals surface area contributed by atoms with E-state index in [1.807, 2.05) is 34.7 Å². The summed E-state index contributed by atoms with van der Waals surface area (Å²) in [5.41, 5.74) is 4.03. The number of hydrogen-bond acceptors (Lipinski definition) is 6. The Bertz CT molecular complexity index is 1450. The van der Waals surface area contributed by atoms with Gasteiger partial charge in [0.25, 0.3) is 11.8 Å². The number of aromatic nitrogens is 3. The van der Waals surface area contributed by atoms with E-state index in [9.17, 15) is 9.59 Å². The molecule has 2 amide bonds. The number of aryl methyl sites for hydroxylation is 3. The fourth-order valence-electron chi connectivity index (χ4n) is 5.97. The molecular formula is C27H29N5O2S2. The minimum absolute atomic E-state index is 0.0238. The number of likely N-dealkylation sites (tertiary alicyclic amines) is 1. The number of amides is 2. The van der Waals surface area contributed by atoms with Crippen molar-refractivity contribution in [1.82, 2.24) is 24.6 Å². The van der Waals surface area contributed by atoms with Crippen LogP contribution in [-0.2, 0) is 0 Å². The van der Waals surface area contributed by atoms with Crippen LogP contribution in [0.2, 0.25) is 0 Å². The van der Waals surface area contributed by atoms with E-state index < -0.39 is 0 Å². The number of nitrogens with one attached hydrogen (secondary N) is 1. The number of thiazole rings is 2. The molecule has 1 aliphatic heterocycles. The zero-order chi connectivity index (χ0) is 25.0. The molecule has 1 saturated carbocycles. The summed E-state index contributed by atoms with van der Waals surface area (Å²) in [6.07, 6.45) is 5.29. The van der Waals surface area contributed by atoms with Crippen LogP contribution in [0.3, 0.4) is 0 Å². The Kier molecular flexibility index (Phi) is 5.92. The number of hydrogen-bond donors (Lipinski definition) is 1. The fraction of sp³-hybridized carbons (Fsp3) is 0.407. The first-order valence-electron chi connectivity index (χ1n) is 12.5. The van der Waals surface area contributed by atoms with Gasteiger partial charge in [-0.3, -0.25) is 14.0 Å². The molecule has 0 radical (unpaired) electrons. The molecule has 1 aromatic carbocycles. The van der Waals surface area contributed by atoms with Crippen LogP contribution in [0.5, 0.6) is 0 Å². The van der Waals surface area contributed by atoms with Crippen molar-refractivity contribution in [3.05, 3.63) is 63.5 Å². The Morgan fingerprint density at radius 2 is 1.92 bits per heavy atom. The third-order valence-corrected chi connectivity index (χ3v) is 9.45. The summed E-state index contributed by atoms with van der Waals surface area (Å²) in [5, 5.41) is 5.96. The Morgan fingerprint density at radius 1 is 1.11 bits per heavy atom. The Morgan fingerprint density at radius 3 is 2.72 bits per heavy atom. The molecule has 36 heavy (non-hydrogen) atoms. The molecule has 2 fully saturated rings. The molecule has 9 heteroatoms. The maximum Gasteiger partial charge on any atom is 0.274 e. The standard InChI is InChI=1S/C27H29N5O2S2/c1-15-7-9-18(10-8-15)24-22(30-17(3)36-24)26(34)32-14-19-5-4-6-20(19)21(32)13-28-25(33)23-16(2)29-27-31(23)11-12-35-27/h7-12,19-21H,4-6,13-14H2,1-3H3,(H,28,33)/t19-,20-,21+/m0/s1. The number of benzene rings is 1. The first kappa shape index (κ1) is 23.4. The summed E-state index contributed by atoms with van der Waals surface area (Å²) in [6.45, 7) is 7.04. The van der Waals surface area contributed by atoms with Crippen molar-refractivity contribution in [2.24, 2.45) is 11.8 Å². The third-order valence-electron chi connectivity index (χ3n) is 7.68. The molecule has 3 atom stereocenters. The van der Waals surface area contributed by atoms with Crippen molar-refractivity contribution in [3.63, 3.8) is 0 Å².